The second-order valence-electron chi connectivity index (χ2n) is 4.75. The van der Waals surface area contributed by atoms with Crippen LogP contribution in [0.2, 0.25) is 0 Å². The fourth-order valence-corrected chi connectivity index (χ4v) is 3.30. The van der Waals surface area contributed by atoms with Crippen LogP contribution in [0.15, 0.2) is 53.1 Å². The van der Waals surface area contributed by atoms with Gasteiger partial charge < -0.3 is 10.3 Å². The van der Waals surface area contributed by atoms with Gasteiger partial charge in [0, 0.05) is 11.1 Å². The lowest BCUT2D eigenvalue weighted by molar-refractivity contribution is 0.380. The first-order valence-electron chi connectivity index (χ1n) is 6.83. The van der Waals surface area contributed by atoms with Gasteiger partial charge in [-0.3, -0.25) is 0 Å². The molecule has 4 aromatic rings. The third-order valence-electron chi connectivity index (χ3n) is 3.33. The van der Waals surface area contributed by atoms with Crippen molar-refractivity contribution in [3.63, 3.8) is 0 Å². The molecular formula is C16H12N4OS. The van der Waals surface area contributed by atoms with Gasteiger partial charge in [0.05, 0.1) is 16.8 Å². The lowest BCUT2D eigenvalue weighted by atomic mass is 10.1. The van der Waals surface area contributed by atoms with Gasteiger partial charge in [-0.1, -0.05) is 41.6 Å². The topological polar surface area (TPSA) is 77.8 Å². The van der Waals surface area contributed by atoms with Crippen molar-refractivity contribution in [1.82, 2.24) is 15.1 Å². The van der Waals surface area contributed by atoms with Gasteiger partial charge >= 0.3 is 0 Å². The molecule has 2 aromatic carbocycles. The summed E-state index contributed by atoms with van der Waals surface area (Å²) < 4.78 is 6.27. The summed E-state index contributed by atoms with van der Waals surface area (Å²) in [6.45, 7) is 0.232. The summed E-state index contributed by atoms with van der Waals surface area (Å²) in [4.78, 5) is 9.02. The average molecular weight is 308 g/mol. The van der Waals surface area contributed by atoms with Gasteiger partial charge in [-0.05, 0) is 12.1 Å². The summed E-state index contributed by atoms with van der Waals surface area (Å²) in [5.74, 6) is 0.962. The lowest BCUT2D eigenvalue weighted by Gasteiger charge is -2.02. The van der Waals surface area contributed by atoms with Crippen molar-refractivity contribution >= 4 is 21.6 Å². The van der Waals surface area contributed by atoms with Gasteiger partial charge in [0.25, 0.3) is 0 Å². The minimum Gasteiger partial charge on any atom is -0.338 e. The Kier molecular flexibility index (Phi) is 3.17. The molecule has 2 heterocycles. The Labute approximate surface area is 130 Å². The zero-order valence-electron chi connectivity index (χ0n) is 11.6. The number of hydrogen-bond donors (Lipinski definition) is 1. The SMILES string of the molecule is NCc1nc(-c2ccccc2-c2nc3ccccc3s2)no1. The molecule has 108 valence electrons. The summed E-state index contributed by atoms with van der Waals surface area (Å²) in [7, 11) is 0. The number of fused-ring (bicyclic) bond motifs is 1. The van der Waals surface area contributed by atoms with Crippen molar-refractivity contribution < 1.29 is 4.52 Å². The van der Waals surface area contributed by atoms with Gasteiger partial charge in [0.2, 0.25) is 11.7 Å². The highest BCUT2D eigenvalue weighted by Gasteiger charge is 2.15. The summed E-state index contributed by atoms with van der Waals surface area (Å²) in [6.07, 6.45) is 0. The van der Waals surface area contributed by atoms with E-state index < -0.39 is 0 Å². The summed E-state index contributed by atoms with van der Waals surface area (Å²) >= 11 is 1.65. The summed E-state index contributed by atoms with van der Waals surface area (Å²) in [5, 5.41) is 4.95. The number of hydrogen-bond acceptors (Lipinski definition) is 6. The molecular weight excluding hydrogens is 296 g/mol. The molecule has 0 unspecified atom stereocenters. The lowest BCUT2D eigenvalue weighted by Crippen LogP contribution is -1.95. The number of benzene rings is 2. The van der Waals surface area contributed by atoms with E-state index in [0.29, 0.717) is 11.7 Å². The molecule has 22 heavy (non-hydrogen) atoms. The van der Waals surface area contributed by atoms with E-state index in [1.165, 1.54) is 0 Å². The van der Waals surface area contributed by atoms with Crippen LogP contribution >= 0.6 is 11.3 Å². The Hall–Kier alpha value is -2.57. The molecule has 0 aliphatic rings. The molecule has 0 bridgehead atoms. The first-order valence-corrected chi connectivity index (χ1v) is 7.65. The summed E-state index contributed by atoms with van der Waals surface area (Å²) in [6, 6.07) is 16.0. The molecule has 0 atom stereocenters. The maximum atomic E-state index is 5.53. The maximum Gasteiger partial charge on any atom is 0.240 e. The summed E-state index contributed by atoms with van der Waals surface area (Å²) in [5.41, 5.74) is 8.42. The molecule has 0 spiro atoms. The van der Waals surface area contributed by atoms with Crippen molar-refractivity contribution in [3.8, 4) is 22.0 Å². The Morgan fingerprint density at radius 3 is 2.50 bits per heavy atom. The van der Waals surface area contributed by atoms with Gasteiger partial charge in [-0.2, -0.15) is 4.98 Å². The molecule has 2 N–H and O–H groups in total. The number of rotatable bonds is 3. The molecule has 0 amide bonds. The highest BCUT2D eigenvalue weighted by Crippen LogP contribution is 2.35. The minimum atomic E-state index is 0.232. The first-order chi connectivity index (χ1) is 10.8. The van der Waals surface area contributed by atoms with Gasteiger partial charge in [-0.25, -0.2) is 4.98 Å². The van der Waals surface area contributed by atoms with Crippen LogP contribution in [0.4, 0.5) is 0 Å². The van der Waals surface area contributed by atoms with E-state index in [9.17, 15) is 0 Å². The van der Waals surface area contributed by atoms with E-state index in [1.807, 2.05) is 42.5 Å². The van der Waals surface area contributed by atoms with Crippen LogP contribution in [0.5, 0.6) is 0 Å². The monoisotopic (exact) mass is 308 g/mol. The Morgan fingerprint density at radius 2 is 1.73 bits per heavy atom. The average Bonchev–Trinajstić information content (AvgIpc) is 3.21. The number of para-hydroxylation sites is 1. The molecule has 0 saturated carbocycles. The highest BCUT2D eigenvalue weighted by atomic mass is 32.1. The van der Waals surface area contributed by atoms with E-state index in [1.54, 1.807) is 11.3 Å². The maximum absolute atomic E-state index is 5.53. The molecule has 0 radical (unpaired) electrons. The normalized spacial score (nSPS) is 11.1. The molecule has 0 saturated heterocycles. The van der Waals surface area contributed by atoms with Crippen LogP contribution in [0.3, 0.4) is 0 Å². The molecule has 5 nitrogen and oxygen atoms in total. The predicted molar refractivity (Wildman–Crippen MR) is 86.2 cm³/mol. The number of thiazole rings is 1. The second-order valence-corrected chi connectivity index (χ2v) is 5.78. The zero-order chi connectivity index (χ0) is 14.9. The van der Waals surface area contributed by atoms with E-state index in [2.05, 4.69) is 16.2 Å². The fraction of sp³-hybridized carbons (Fsp3) is 0.0625. The van der Waals surface area contributed by atoms with E-state index >= 15 is 0 Å². The van der Waals surface area contributed by atoms with E-state index in [4.69, 9.17) is 15.2 Å². The van der Waals surface area contributed by atoms with E-state index in [0.717, 1.165) is 26.4 Å². The van der Waals surface area contributed by atoms with Crippen molar-refractivity contribution in [2.75, 3.05) is 0 Å². The molecule has 0 aliphatic heterocycles. The van der Waals surface area contributed by atoms with Crippen LogP contribution in [0.25, 0.3) is 32.2 Å². The Bertz CT molecular complexity index is 911. The Morgan fingerprint density at radius 1 is 0.955 bits per heavy atom. The van der Waals surface area contributed by atoms with Gasteiger partial charge in [-0.15, -0.1) is 11.3 Å². The molecule has 2 aromatic heterocycles. The quantitative estimate of drug-likeness (QED) is 0.627. The molecule has 0 fully saturated rings. The zero-order valence-corrected chi connectivity index (χ0v) is 12.4. The van der Waals surface area contributed by atoms with Crippen molar-refractivity contribution in [2.24, 2.45) is 5.73 Å². The van der Waals surface area contributed by atoms with Crippen LogP contribution in [0.1, 0.15) is 5.89 Å². The third-order valence-corrected chi connectivity index (χ3v) is 4.40. The van der Waals surface area contributed by atoms with Crippen LogP contribution in [-0.2, 0) is 6.54 Å². The van der Waals surface area contributed by atoms with Crippen molar-refractivity contribution in [3.05, 3.63) is 54.4 Å². The molecule has 6 heteroatoms. The molecule has 0 aliphatic carbocycles. The van der Waals surface area contributed by atoms with Gasteiger partial charge in [0.15, 0.2) is 0 Å². The first kappa shape index (κ1) is 13.1. The predicted octanol–water partition coefficient (Wildman–Crippen LogP) is 3.47. The second kappa shape index (κ2) is 5.32. The minimum absolute atomic E-state index is 0.232. The smallest absolute Gasteiger partial charge is 0.240 e. The Balaban J connectivity index is 1.88. The van der Waals surface area contributed by atoms with Crippen molar-refractivity contribution in [2.45, 2.75) is 6.54 Å². The number of nitrogens with two attached hydrogens (primary N) is 1. The fourth-order valence-electron chi connectivity index (χ4n) is 2.30. The number of nitrogens with zero attached hydrogens (tertiary/aromatic N) is 3. The standard InChI is InChI=1S/C16H12N4OS/c17-9-14-19-15(20-21-14)10-5-1-2-6-11(10)16-18-12-7-3-4-8-13(12)22-16/h1-8H,9,17H2. The van der Waals surface area contributed by atoms with Gasteiger partial charge in [0.1, 0.15) is 5.01 Å². The van der Waals surface area contributed by atoms with Crippen molar-refractivity contribution in [1.29, 1.82) is 0 Å². The third kappa shape index (κ3) is 2.18. The van der Waals surface area contributed by atoms with Crippen LogP contribution in [-0.4, -0.2) is 15.1 Å². The molecule has 4 rings (SSSR count). The van der Waals surface area contributed by atoms with Crippen LogP contribution in [0, 0.1) is 0 Å². The number of aromatic nitrogens is 3. The van der Waals surface area contributed by atoms with E-state index in [-0.39, 0.29) is 6.54 Å². The largest absolute Gasteiger partial charge is 0.338 e. The highest BCUT2D eigenvalue weighted by molar-refractivity contribution is 7.21. The van der Waals surface area contributed by atoms with Crippen LogP contribution < -0.4 is 5.73 Å².